The van der Waals surface area contributed by atoms with Crippen molar-refractivity contribution >= 4 is 17.6 Å². The number of carbonyl (C=O) groups is 2. The molecule has 3 atom stereocenters. The Morgan fingerprint density at radius 1 is 1.52 bits per heavy atom. The lowest BCUT2D eigenvalue weighted by atomic mass is 9.97. The molecule has 0 fully saturated rings. The van der Waals surface area contributed by atoms with Gasteiger partial charge in [-0.25, -0.2) is 4.39 Å². The molecule has 1 heterocycles. The van der Waals surface area contributed by atoms with E-state index in [-0.39, 0.29) is 11.8 Å². The van der Waals surface area contributed by atoms with Crippen molar-refractivity contribution in [3.63, 3.8) is 0 Å². The van der Waals surface area contributed by atoms with Gasteiger partial charge in [-0.1, -0.05) is 20.3 Å². The number of ether oxygens (including phenoxy) is 1. The minimum Gasteiger partial charge on any atom is -0.468 e. The zero-order valence-corrected chi connectivity index (χ0v) is 12.3. The summed E-state index contributed by atoms with van der Waals surface area (Å²) in [4.78, 5) is 23.9. The fourth-order valence-electron chi connectivity index (χ4n) is 2.40. The molecule has 0 aliphatic carbocycles. The van der Waals surface area contributed by atoms with Crippen LogP contribution in [-0.2, 0) is 14.3 Å². The van der Waals surface area contributed by atoms with Gasteiger partial charge in [0.15, 0.2) is 0 Å². The molecule has 5 nitrogen and oxygen atoms in total. The summed E-state index contributed by atoms with van der Waals surface area (Å²) in [5, 5.41) is 5.67. The van der Waals surface area contributed by atoms with E-state index in [4.69, 9.17) is 4.74 Å². The Kier molecular flexibility index (Phi) is 4.57. The number of hydrogen-bond acceptors (Lipinski definition) is 4. The van der Waals surface area contributed by atoms with Crippen LogP contribution in [-0.4, -0.2) is 25.0 Å². The van der Waals surface area contributed by atoms with Crippen LogP contribution in [0.2, 0.25) is 0 Å². The van der Waals surface area contributed by atoms with Crippen LogP contribution in [0.15, 0.2) is 18.2 Å². The van der Waals surface area contributed by atoms with Crippen LogP contribution in [0.3, 0.4) is 0 Å². The second-order valence-electron chi connectivity index (χ2n) is 5.21. The molecule has 114 valence electrons. The van der Waals surface area contributed by atoms with E-state index in [1.165, 1.54) is 25.3 Å². The third-order valence-corrected chi connectivity index (χ3v) is 3.86. The second kappa shape index (κ2) is 6.22. The highest BCUT2D eigenvalue weighted by atomic mass is 19.1. The van der Waals surface area contributed by atoms with Crippen LogP contribution in [0, 0.1) is 11.7 Å². The molecule has 0 radical (unpaired) electrons. The summed E-state index contributed by atoms with van der Waals surface area (Å²) >= 11 is 0. The molecule has 3 unspecified atom stereocenters. The topological polar surface area (TPSA) is 67.4 Å². The van der Waals surface area contributed by atoms with Gasteiger partial charge in [0.2, 0.25) is 5.91 Å². The molecule has 1 aliphatic heterocycles. The number of methoxy groups -OCH3 is 1. The van der Waals surface area contributed by atoms with Gasteiger partial charge in [0.05, 0.1) is 7.11 Å². The summed E-state index contributed by atoms with van der Waals surface area (Å²) in [5.74, 6) is -1.16. The number of nitrogens with one attached hydrogen (secondary N) is 2. The third kappa shape index (κ3) is 3.05. The number of esters is 1. The van der Waals surface area contributed by atoms with Crippen LogP contribution < -0.4 is 10.6 Å². The van der Waals surface area contributed by atoms with E-state index >= 15 is 0 Å². The number of carbonyl (C=O) groups excluding carboxylic acids is 2. The Bertz CT molecular complexity index is 562. The maximum atomic E-state index is 13.4. The predicted molar refractivity (Wildman–Crippen MR) is 76.2 cm³/mol. The van der Waals surface area contributed by atoms with Crippen molar-refractivity contribution in [2.75, 3.05) is 12.4 Å². The highest BCUT2D eigenvalue weighted by molar-refractivity contribution is 6.02. The highest BCUT2D eigenvalue weighted by Crippen LogP contribution is 2.32. The van der Waals surface area contributed by atoms with Gasteiger partial charge in [0.1, 0.15) is 17.9 Å². The molecule has 1 amide bonds. The van der Waals surface area contributed by atoms with E-state index in [0.29, 0.717) is 11.3 Å². The average molecular weight is 294 g/mol. The fraction of sp³-hybridized carbons (Fsp3) is 0.467. The minimum absolute atomic E-state index is 0.0112. The van der Waals surface area contributed by atoms with Gasteiger partial charge in [0, 0.05) is 11.3 Å². The number of benzene rings is 1. The highest BCUT2D eigenvalue weighted by Gasteiger charge is 2.36. The Hall–Kier alpha value is -1.95. The van der Waals surface area contributed by atoms with Crippen LogP contribution in [0.5, 0.6) is 0 Å². The first-order valence-electron chi connectivity index (χ1n) is 6.92. The monoisotopic (exact) mass is 294 g/mol. The first-order valence-corrected chi connectivity index (χ1v) is 6.92. The zero-order valence-electron chi connectivity index (χ0n) is 12.3. The molecule has 2 rings (SSSR count). The van der Waals surface area contributed by atoms with Gasteiger partial charge in [-0.05, 0) is 24.1 Å². The van der Waals surface area contributed by atoms with Gasteiger partial charge in [-0.15, -0.1) is 0 Å². The van der Waals surface area contributed by atoms with Crippen molar-refractivity contribution in [3.8, 4) is 0 Å². The molecule has 0 saturated heterocycles. The summed E-state index contributed by atoms with van der Waals surface area (Å²) in [6, 6.07) is 2.73. The summed E-state index contributed by atoms with van der Waals surface area (Å²) in [7, 11) is 1.31. The van der Waals surface area contributed by atoms with Crippen molar-refractivity contribution < 1.29 is 18.7 Å². The summed E-state index contributed by atoms with van der Waals surface area (Å²) in [6.45, 7) is 3.85. The Morgan fingerprint density at radius 3 is 2.86 bits per heavy atom. The molecule has 6 heteroatoms. The van der Waals surface area contributed by atoms with Gasteiger partial charge in [-0.3, -0.25) is 14.9 Å². The third-order valence-electron chi connectivity index (χ3n) is 3.86. The van der Waals surface area contributed by atoms with Crippen LogP contribution in [0.1, 0.15) is 31.9 Å². The van der Waals surface area contributed by atoms with Gasteiger partial charge in [-0.2, -0.15) is 0 Å². The van der Waals surface area contributed by atoms with Crippen LogP contribution >= 0.6 is 0 Å². The number of hydrogen-bond donors (Lipinski definition) is 2. The standard InChI is InChI=1S/C15H19FN2O3/c1-4-8(2)12(15(20)21-3)18-13-10-7-9(16)5-6-11(10)17-14(13)19/h5-8,12-13,18H,4H2,1-3H3,(H,17,19). The lowest BCUT2D eigenvalue weighted by Crippen LogP contribution is -2.46. The number of anilines is 1. The number of halogens is 1. The van der Waals surface area contributed by atoms with Crippen molar-refractivity contribution in [2.45, 2.75) is 32.4 Å². The molecule has 21 heavy (non-hydrogen) atoms. The normalized spacial score (nSPS) is 19.6. The lowest BCUT2D eigenvalue weighted by Gasteiger charge is -2.24. The Labute approximate surface area is 122 Å². The van der Waals surface area contributed by atoms with Gasteiger partial charge >= 0.3 is 5.97 Å². The molecule has 1 aromatic rings. The molecule has 1 aromatic carbocycles. The van der Waals surface area contributed by atoms with Crippen LogP contribution in [0.25, 0.3) is 0 Å². The Balaban J connectivity index is 2.27. The van der Waals surface area contributed by atoms with E-state index < -0.39 is 23.9 Å². The molecule has 0 bridgehead atoms. The first kappa shape index (κ1) is 15.4. The maximum Gasteiger partial charge on any atom is 0.323 e. The maximum absolute atomic E-state index is 13.4. The number of amides is 1. The molecule has 0 saturated carbocycles. The second-order valence-corrected chi connectivity index (χ2v) is 5.21. The molecule has 1 aliphatic rings. The SMILES string of the molecule is CCC(C)C(NC1C(=O)Nc2ccc(F)cc21)C(=O)OC. The quantitative estimate of drug-likeness (QED) is 0.815. The summed E-state index contributed by atoms with van der Waals surface area (Å²) < 4.78 is 18.2. The number of fused-ring (bicyclic) bond motifs is 1. The first-order chi connectivity index (χ1) is 9.97. The minimum atomic E-state index is -0.756. The summed E-state index contributed by atoms with van der Waals surface area (Å²) in [6.07, 6.45) is 0.747. The van der Waals surface area contributed by atoms with Gasteiger partial charge in [0.25, 0.3) is 0 Å². The largest absolute Gasteiger partial charge is 0.468 e. The molecule has 2 N–H and O–H groups in total. The van der Waals surface area contributed by atoms with E-state index in [1.54, 1.807) is 0 Å². The fourth-order valence-corrected chi connectivity index (χ4v) is 2.40. The predicted octanol–water partition coefficient (Wildman–Crippen LogP) is 2.00. The zero-order chi connectivity index (χ0) is 15.6. The lowest BCUT2D eigenvalue weighted by molar-refractivity contribution is -0.145. The van der Waals surface area contributed by atoms with Crippen LogP contribution in [0.4, 0.5) is 10.1 Å². The van der Waals surface area contributed by atoms with Crippen molar-refractivity contribution in [3.05, 3.63) is 29.6 Å². The number of rotatable bonds is 5. The summed E-state index contributed by atoms with van der Waals surface area (Å²) in [5.41, 5.74) is 1.07. The van der Waals surface area contributed by atoms with E-state index in [2.05, 4.69) is 10.6 Å². The molecule has 0 spiro atoms. The molecular formula is C15H19FN2O3. The van der Waals surface area contributed by atoms with Crippen molar-refractivity contribution in [1.82, 2.24) is 5.32 Å². The average Bonchev–Trinajstić information content (AvgIpc) is 2.78. The molecular weight excluding hydrogens is 275 g/mol. The Morgan fingerprint density at radius 2 is 2.24 bits per heavy atom. The van der Waals surface area contributed by atoms with E-state index in [9.17, 15) is 14.0 Å². The van der Waals surface area contributed by atoms with Crippen molar-refractivity contribution in [2.24, 2.45) is 5.92 Å². The molecule has 0 aromatic heterocycles. The smallest absolute Gasteiger partial charge is 0.323 e. The van der Waals surface area contributed by atoms with Crippen molar-refractivity contribution in [1.29, 1.82) is 0 Å². The van der Waals surface area contributed by atoms with E-state index in [1.807, 2.05) is 13.8 Å². The van der Waals surface area contributed by atoms with E-state index in [0.717, 1.165) is 6.42 Å². The van der Waals surface area contributed by atoms with Gasteiger partial charge < -0.3 is 10.1 Å².